The van der Waals surface area contributed by atoms with E-state index >= 15 is 0 Å². The highest BCUT2D eigenvalue weighted by atomic mass is 16.3. The number of nitrogens with one attached hydrogen (secondary N) is 4. The maximum Gasteiger partial charge on any atom is 0.261 e. The number of anilines is 1. The Morgan fingerprint density at radius 2 is 1.22 bits per heavy atom. The van der Waals surface area contributed by atoms with E-state index in [4.69, 9.17) is 0 Å². The average molecular weight is 684 g/mol. The summed E-state index contributed by atoms with van der Waals surface area (Å²) in [6.07, 6.45) is 0.411. The lowest BCUT2D eigenvalue weighted by Crippen LogP contribution is -2.62. The van der Waals surface area contributed by atoms with Gasteiger partial charge in [-0.2, -0.15) is 0 Å². The largest absolute Gasteiger partial charge is 0.858 e. The molecular weight excluding hydrogens is 656 g/mol. The smallest absolute Gasteiger partial charge is 0.261 e. The molecule has 4 N–H and O–H groups in total. The van der Waals surface area contributed by atoms with Crippen LogP contribution in [0.1, 0.15) is 68.5 Å². The monoisotopic (exact) mass is 683 g/mol. The van der Waals surface area contributed by atoms with Crippen LogP contribution in [0, 0.1) is 0 Å². The number of piperazine rings is 1. The highest BCUT2D eigenvalue weighted by Crippen LogP contribution is 2.24. The van der Waals surface area contributed by atoms with E-state index < -0.39 is 47.5 Å². The molecule has 254 valence electrons. The Labute approximate surface area is 289 Å². The normalized spacial score (nSPS) is 18.2. The lowest BCUT2D eigenvalue weighted by Gasteiger charge is -2.29. The fourth-order valence-electron chi connectivity index (χ4n) is 6.05. The second-order valence-electron chi connectivity index (χ2n) is 12.2. The number of benzene rings is 4. The average Bonchev–Trinajstić information content (AvgIpc) is 3.53. The van der Waals surface area contributed by atoms with Crippen LogP contribution in [-0.4, -0.2) is 71.3 Å². The van der Waals surface area contributed by atoms with E-state index in [1.54, 1.807) is 48.5 Å². The highest BCUT2D eigenvalue weighted by Gasteiger charge is 2.35. The van der Waals surface area contributed by atoms with Gasteiger partial charge in [0.05, 0.1) is 27.9 Å². The third-order valence-electron chi connectivity index (χ3n) is 8.86. The number of fused-ring (bicyclic) bond motifs is 2. The molecule has 3 heterocycles. The Bertz CT molecular complexity index is 2230. The second-order valence-corrected chi connectivity index (χ2v) is 12.2. The van der Waals surface area contributed by atoms with Crippen LogP contribution < -0.4 is 26.4 Å². The Morgan fingerprint density at radius 3 is 1.86 bits per heavy atom. The third-order valence-corrected chi connectivity index (χ3v) is 8.86. The first-order valence-electron chi connectivity index (χ1n) is 15.8. The molecule has 7 amide bonds. The van der Waals surface area contributed by atoms with Gasteiger partial charge in [0.2, 0.25) is 11.8 Å². The molecule has 3 aliphatic heterocycles. The number of nitrogens with zero attached hydrogens (tertiary/aromatic N) is 2. The van der Waals surface area contributed by atoms with Gasteiger partial charge in [0.1, 0.15) is 12.1 Å². The van der Waals surface area contributed by atoms with E-state index in [0.717, 1.165) is 16.0 Å². The number of carbonyl (C=O) groups is 7. The Hall–Kier alpha value is -6.96. The summed E-state index contributed by atoms with van der Waals surface area (Å²) in [7, 11) is 1.38. The van der Waals surface area contributed by atoms with Crippen molar-refractivity contribution in [1.29, 1.82) is 0 Å². The van der Waals surface area contributed by atoms with Crippen LogP contribution in [-0.2, 0) is 22.4 Å². The van der Waals surface area contributed by atoms with Crippen LogP contribution in [0.5, 0.6) is 0 Å². The molecule has 3 aliphatic rings. The van der Waals surface area contributed by atoms with Gasteiger partial charge in [0.15, 0.2) is 0 Å². The molecule has 2 atom stereocenters. The molecule has 0 aliphatic carbocycles. The minimum Gasteiger partial charge on any atom is -0.858 e. The van der Waals surface area contributed by atoms with Crippen molar-refractivity contribution in [2.75, 3.05) is 12.4 Å². The molecule has 2 unspecified atom stereocenters. The first-order chi connectivity index (χ1) is 24.4. The summed E-state index contributed by atoms with van der Waals surface area (Å²) in [4.78, 5) is 91.9. The van der Waals surface area contributed by atoms with Crippen molar-refractivity contribution in [3.8, 4) is 0 Å². The van der Waals surface area contributed by atoms with Crippen LogP contribution in [0.25, 0.3) is 0 Å². The van der Waals surface area contributed by atoms with Gasteiger partial charge in [-0.15, -0.1) is 0 Å². The number of hydrogen-bond acceptors (Lipinski definition) is 9. The topological polar surface area (TPSA) is 206 Å². The molecule has 4 aromatic carbocycles. The number of rotatable bonds is 8. The van der Waals surface area contributed by atoms with Crippen molar-refractivity contribution in [3.63, 3.8) is 0 Å². The predicted octanol–water partition coefficient (Wildman–Crippen LogP) is 1.26. The fourth-order valence-corrected chi connectivity index (χ4v) is 6.05. The number of aliphatic imine (C=N–C) groups is 1. The lowest BCUT2D eigenvalue weighted by molar-refractivity contribution is -0.212. The standard InChI is InChI=1S/C37H28N6O8/c1-43-36(50)25-13-7-21(17-27(25)37(43)51)31(45)39-23-10-4-19(5-11-23)15-29-35(49)40-28(34(48)41-29)14-18-2-8-22(9-3-18)38-30(44)20-6-12-24-26(16-20)33(47)42-32(24)46/h2-13,16-17,28-29H,14-15H2,1H3,(H,38,44)(H,39,45)(H,40,49)(H,41,48)(H,42,46,47)/p-1. The Morgan fingerprint density at radius 1 is 0.686 bits per heavy atom. The summed E-state index contributed by atoms with van der Waals surface area (Å²) < 4.78 is 0. The Kier molecular flexibility index (Phi) is 8.19. The van der Waals surface area contributed by atoms with Crippen LogP contribution in [0.2, 0.25) is 0 Å². The molecule has 0 spiro atoms. The molecule has 0 aromatic heterocycles. The van der Waals surface area contributed by atoms with Gasteiger partial charge in [-0.3, -0.25) is 48.8 Å². The summed E-state index contributed by atoms with van der Waals surface area (Å²) in [6.45, 7) is 0. The molecule has 14 nitrogen and oxygen atoms in total. The highest BCUT2D eigenvalue weighted by molar-refractivity contribution is 6.23. The summed E-state index contributed by atoms with van der Waals surface area (Å²) in [5.41, 5.74) is 3.38. The first kappa shape index (κ1) is 32.6. The minimum absolute atomic E-state index is 0.118. The second kappa shape index (κ2) is 12.8. The maximum atomic E-state index is 13.0. The van der Waals surface area contributed by atoms with Gasteiger partial charge in [0.25, 0.3) is 29.5 Å². The zero-order valence-electron chi connectivity index (χ0n) is 26.8. The summed E-state index contributed by atoms with van der Waals surface area (Å²) >= 11 is 0. The van der Waals surface area contributed by atoms with Crippen LogP contribution in [0.4, 0.5) is 11.4 Å². The maximum absolute atomic E-state index is 13.0. The van der Waals surface area contributed by atoms with Crippen molar-refractivity contribution >= 4 is 58.6 Å². The van der Waals surface area contributed by atoms with Gasteiger partial charge in [-0.1, -0.05) is 30.3 Å². The number of carbonyl (C=O) groups excluding carboxylic acids is 7. The zero-order chi connectivity index (χ0) is 36.0. The van der Waals surface area contributed by atoms with Gasteiger partial charge in [0, 0.05) is 31.1 Å². The molecule has 4 aromatic rings. The molecule has 51 heavy (non-hydrogen) atoms. The van der Waals surface area contributed by atoms with Crippen LogP contribution in [0.3, 0.4) is 0 Å². The molecule has 7 rings (SSSR count). The molecule has 0 bridgehead atoms. The van der Waals surface area contributed by atoms with Crippen molar-refractivity contribution in [2.45, 2.75) is 24.9 Å². The Balaban J connectivity index is 0.922. The van der Waals surface area contributed by atoms with Gasteiger partial charge in [-0.25, -0.2) is 0 Å². The predicted molar refractivity (Wildman–Crippen MR) is 179 cm³/mol. The van der Waals surface area contributed by atoms with E-state index in [2.05, 4.69) is 26.3 Å². The molecule has 1 fully saturated rings. The van der Waals surface area contributed by atoms with Crippen molar-refractivity contribution in [3.05, 3.63) is 129 Å². The number of hydrogen-bond donors (Lipinski definition) is 4. The van der Waals surface area contributed by atoms with E-state index in [0.29, 0.717) is 11.4 Å². The summed E-state index contributed by atoms with van der Waals surface area (Å²) in [5, 5.41) is 23.2. The van der Waals surface area contributed by atoms with E-state index in [1.165, 1.54) is 43.4 Å². The van der Waals surface area contributed by atoms with Crippen molar-refractivity contribution in [1.82, 2.24) is 20.9 Å². The summed E-state index contributed by atoms with van der Waals surface area (Å²) in [6, 6.07) is 20.2. The van der Waals surface area contributed by atoms with Crippen molar-refractivity contribution < 1.29 is 38.7 Å². The molecule has 1 saturated heterocycles. The van der Waals surface area contributed by atoms with Gasteiger partial charge in [-0.05, 0) is 77.2 Å². The van der Waals surface area contributed by atoms with Crippen molar-refractivity contribution in [2.24, 2.45) is 4.99 Å². The molecule has 14 heteroatoms. The third kappa shape index (κ3) is 6.33. The molecular formula is C37H27N6O8-. The number of imide groups is 2. The van der Waals surface area contributed by atoms with Gasteiger partial charge >= 0.3 is 0 Å². The summed E-state index contributed by atoms with van der Waals surface area (Å²) in [5.74, 6) is -3.74. The SMILES string of the molecule is CN1C(=O)c2ccc(C(=O)Nc3ccc(CC4NC(=O)C(Cc5ccc(N=C([O-])c6ccc7c(c6)C(=O)NC7=O)cc5)NC4=O)cc3)cc2C1=O. The zero-order valence-corrected chi connectivity index (χ0v) is 26.8. The van der Waals surface area contributed by atoms with Crippen LogP contribution >= 0.6 is 0 Å². The van der Waals surface area contributed by atoms with E-state index in [9.17, 15) is 38.7 Å². The number of amides is 7. The first-order valence-corrected chi connectivity index (χ1v) is 15.8. The van der Waals surface area contributed by atoms with Crippen LogP contribution in [0.15, 0.2) is 89.9 Å². The molecule has 0 radical (unpaired) electrons. The lowest BCUT2D eigenvalue weighted by atomic mass is 9.98. The minimum atomic E-state index is -0.816. The quantitative estimate of drug-likeness (QED) is 0.121. The fraction of sp³-hybridized carbons (Fsp3) is 0.135. The van der Waals surface area contributed by atoms with Gasteiger partial charge < -0.3 is 21.1 Å². The van der Waals surface area contributed by atoms with E-state index in [-0.39, 0.29) is 58.0 Å². The van der Waals surface area contributed by atoms with E-state index in [1.807, 2.05) is 0 Å². The molecule has 0 saturated carbocycles.